The van der Waals surface area contributed by atoms with Crippen molar-refractivity contribution >= 4 is 21.9 Å². The number of rotatable bonds is 3. The van der Waals surface area contributed by atoms with Gasteiger partial charge in [0, 0.05) is 12.6 Å². The van der Waals surface area contributed by atoms with Crippen LogP contribution < -0.4 is 9.47 Å². The second-order valence-corrected chi connectivity index (χ2v) is 7.54. The maximum absolute atomic E-state index is 12.8. The number of sulfonamides is 1. The van der Waals surface area contributed by atoms with Crippen LogP contribution in [0.15, 0.2) is 47.0 Å². The van der Waals surface area contributed by atoms with Gasteiger partial charge in [0.15, 0.2) is 11.5 Å². The monoisotopic (exact) mass is 375 g/mol. The summed E-state index contributed by atoms with van der Waals surface area (Å²) >= 11 is 0. The Hall–Kier alpha value is -3.00. The summed E-state index contributed by atoms with van der Waals surface area (Å²) in [5, 5.41) is 9.99. The summed E-state index contributed by atoms with van der Waals surface area (Å²) in [6, 6.07) is 9.04. The van der Waals surface area contributed by atoms with Gasteiger partial charge in [-0.2, -0.15) is 0 Å². The summed E-state index contributed by atoms with van der Waals surface area (Å²) in [6.07, 6.45) is 1.42. The first-order chi connectivity index (χ1) is 12.3. The Bertz CT molecular complexity index is 1000. The number of carbonyl (C=O) groups excluding carboxylic acids is 1. The molecule has 0 bridgehead atoms. The molecule has 0 aromatic heterocycles. The van der Waals surface area contributed by atoms with Gasteiger partial charge in [-0.05, 0) is 35.9 Å². The van der Waals surface area contributed by atoms with Crippen LogP contribution in [0.25, 0.3) is 6.08 Å². The maximum atomic E-state index is 12.8. The number of hydrogen-bond acceptors (Lipinski definition) is 6. The van der Waals surface area contributed by atoms with Crippen LogP contribution in [0.5, 0.6) is 17.2 Å². The minimum atomic E-state index is -3.83. The Kier molecular flexibility index (Phi) is 4.37. The molecule has 0 atom stereocenters. The zero-order valence-electron chi connectivity index (χ0n) is 14.4. The summed E-state index contributed by atoms with van der Waals surface area (Å²) in [5.74, 6) is -0.307. The summed E-state index contributed by atoms with van der Waals surface area (Å²) in [6.45, 7) is 0. The smallest absolute Gasteiger partial charge is 0.264 e. The quantitative estimate of drug-likeness (QED) is 0.828. The molecule has 1 aliphatic heterocycles. The molecule has 1 heterocycles. The van der Waals surface area contributed by atoms with E-state index < -0.39 is 15.8 Å². The number of ether oxygens (including phenoxy) is 2. The Morgan fingerprint density at radius 3 is 2.23 bits per heavy atom. The number of fused-ring (bicyclic) bond motifs is 1. The molecule has 0 amide bonds. The number of methoxy groups -OCH3 is 2. The van der Waals surface area contributed by atoms with E-state index in [9.17, 15) is 18.3 Å². The number of allylic oxidation sites excluding steroid dienone is 1. The fourth-order valence-electron chi connectivity index (χ4n) is 2.75. The van der Waals surface area contributed by atoms with Crippen LogP contribution in [-0.4, -0.2) is 44.9 Å². The van der Waals surface area contributed by atoms with E-state index in [1.807, 2.05) is 0 Å². The van der Waals surface area contributed by atoms with E-state index in [1.54, 1.807) is 12.1 Å². The van der Waals surface area contributed by atoms with E-state index >= 15 is 0 Å². The molecule has 8 heteroatoms. The van der Waals surface area contributed by atoms with Crippen molar-refractivity contribution in [3.63, 3.8) is 0 Å². The summed E-state index contributed by atoms with van der Waals surface area (Å²) in [7, 11) is 0.251. The van der Waals surface area contributed by atoms with Gasteiger partial charge in [-0.15, -0.1) is 0 Å². The van der Waals surface area contributed by atoms with E-state index in [0.717, 1.165) is 4.31 Å². The Labute approximate surface area is 151 Å². The van der Waals surface area contributed by atoms with Gasteiger partial charge in [-0.3, -0.25) is 9.10 Å². The molecule has 2 aromatic rings. The zero-order valence-corrected chi connectivity index (χ0v) is 15.2. The molecule has 0 saturated heterocycles. The molecule has 1 N–H and O–H groups in total. The number of nitrogens with zero attached hydrogens (tertiary/aromatic N) is 1. The minimum Gasteiger partial charge on any atom is -0.502 e. The van der Waals surface area contributed by atoms with Crippen molar-refractivity contribution in [2.75, 3.05) is 21.3 Å². The van der Waals surface area contributed by atoms with Crippen molar-refractivity contribution in [2.24, 2.45) is 0 Å². The molecule has 7 nitrogen and oxygen atoms in total. The summed E-state index contributed by atoms with van der Waals surface area (Å²) in [4.78, 5) is 12.8. The van der Waals surface area contributed by atoms with E-state index in [2.05, 4.69) is 0 Å². The third-order valence-electron chi connectivity index (χ3n) is 4.15. The number of likely N-dealkylation sites (N-methyl/N-ethyl adjacent to an activating group) is 1. The molecule has 0 spiro atoms. The molecule has 0 radical (unpaired) electrons. The van der Waals surface area contributed by atoms with Crippen LogP contribution in [0, 0.1) is 0 Å². The molecule has 3 rings (SSSR count). The second-order valence-electron chi connectivity index (χ2n) is 5.60. The van der Waals surface area contributed by atoms with E-state index in [-0.39, 0.29) is 33.4 Å². The SMILES string of the molecule is COc1cc(C=C2C(=O)c3ccccc3S(=O)(=O)N2C)cc(OC)c1O. The Balaban J connectivity index is 2.20. The molecule has 0 aliphatic carbocycles. The van der Waals surface area contributed by atoms with Gasteiger partial charge in [0.1, 0.15) is 5.70 Å². The Morgan fingerprint density at radius 2 is 1.65 bits per heavy atom. The lowest BCUT2D eigenvalue weighted by atomic mass is 10.0. The van der Waals surface area contributed by atoms with Crippen molar-refractivity contribution in [1.29, 1.82) is 0 Å². The van der Waals surface area contributed by atoms with E-state index in [1.165, 1.54) is 51.6 Å². The predicted octanol–water partition coefficient (Wildman–Crippen LogP) is 2.27. The number of hydrogen-bond donors (Lipinski definition) is 1. The number of carbonyl (C=O) groups is 1. The molecule has 0 saturated carbocycles. The fraction of sp³-hybridized carbons (Fsp3) is 0.167. The van der Waals surface area contributed by atoms with Gasteiger partial charge >= 0.3 is 0 Å². The average Bonchev–Trinajstić information content (AvgIpc) is 2.65. The first kappa shape index (κ1) is 17.8. The third-order valence-corrected chi connectivity index (χ3v) is 5.98. The van der Waals surface area contributed by atoms with Crippen LogP contribution in [0.4, 0.5) is 0 Å². The van der Waals surface area contributed by atoms with Gasteiger partial charge in [0.05, 0.1) is 19.1 Å². The van der Waals surface area contributed by atoms with Crippen LogP contribution in [0.2, 0.25) is 0 Å². The van der Waals surface area contributed by atoms with Crippen molar-refractivity contribution in [3.05, 3.63) is 53.2 Å². The number of phenols is 1. The van der Waals surface area contributed by atoms with E-state index in [4.69, 9.17) is 9.47 Å². The van der Waals surface area contributed by atoms with Crippen LogP contribution in [-0.2, 0) is 10.0 Å². The van der Waals surface area contributed by atoms with Gasteiger partial charge in [0.25, 0.3) is 10.0 Å². The molecule has 136 valence electrons. The Morgan fingerprint density at radius 1 is 1.08 bits per heavy atom. The molecular weight excluding hydrogens is 358 g/mol. The largest absolute Gasteiger partial charge is 0.502 e. The number of Topliss-reactive ketones (excluding diaryl/α,β-unsaturated/α-hetero) is 1. The molecule has 0 unspecified atom stereocenters. The van der Waals surface area contributed by atoms with Crippen LogP contribution in [0.3, 0.4) is 0 Å². The number of phenolic OH excluding ortho intramolecular Hbond substituents is 1. The summed E-state index contributed by atoms with van der Waals surface area (Å²) in [5.41, 5.74) is 0.550. The predicted molar refractivity (Wildman–Crippen MR) is 94.9 cm³/mol. The lowest BCUT2D eigenvalue weighted by Crippen LogP contribution is -2.36. The van der Waals surface area contributed by atoms with Gasteiger partial charge in [-0.1, -0.05) is 12.1 Å². The first-order valence-electron chi connectivity index (χ1n) is 7.60. The van der Waals surface area contributed by atoms with Crippen LogP contribution in [0.1, 0.15) is 15.9 Å². The highest BCUT2D eigenvalue weighted by molar-refractivity contribution is 7.89. The molecule has 2 aromatic carbocycles. The third kappa shape index (κ3) is 2.68. The molecule has 26 heavy (non-hydrogen) atoms. The fourth-order valence-corrected chi connectivity index (χ4v) is 4.13. The topological polar surface area (TPSA) is 93.1 Å². The number of benzene rings is 2. The van der Waals surface area contributed by atoms with Gasteiger partial charge in [-0.25, -0.2) is 8.42 Å². The number of ketones is 1. The zero-order chi connectivity index (χ0) is 19.1. The minimum absolute atomic E-state index is 0.0153. The van der Waals surface area contributed by atoms with Crippen LogP contribution >= 0.6 is 0 Å². The molecular formula is C18H17NO6S. The second kappa shape index (κ2) is 6.38. The maximum Gasteiger partial charge on any atom is 0.264 e. The van der Waals surface area contributed by atoms with Crippen molar-refractivity contribution in [1.82, 2.24) is 4.31 Å². The van der Waals surface area contributed by atoms with Crippen molar-refractivity contribution in [3.8, 4) is 17.2 Å². The van der Waals surface area contributed by atoms with Crippen molar-refractivity contribution < 1.29 is 27.8 Å². The number of aromatic hydroxyl groups is 1. The van der Waals surface area contributed by atoms with E-state index in [0.29, 0.717) is 5.56 Å². The standard InChI is InChI=1S/C18H17NO6S/c1-19-13(8-11-9-14(24-2)18(21)15(10-11)25-3)17(20)12-6-4-5-7-16(12)26(19,22)23/h4-10,21H,1-3H3. The summed E-state index contributed by atoms with van der Waals surface area (Å²) < 4.78 is 36.5. The highest BCUT2D eigenvalue weighted by atomic mass is 32.2. The normalized spacial score (nSPS) is 17.1. The first-order valence-corrected chi connectivity index (χ1v) is 9.04. The highest BCUT2D eigenvalue weighted by Crippen LogP contribution is 2.39. The average molecular weight is 375 g/mol. The lowest BCUT2D eigenvalue weighted by molar-refractivity contribution is 0.101. The van der Waals surface area contributed by atoms with Crippen molar-refractivity contribution in [2.45, 2.75) is 4.90 Å². The lowest BCUT2D eigenvalue weighted by Gasteiger charge is -2.28. The highest BCUT2D eigenvalue weighted by Gasteiger charge is 2.36. The molecule has 1 aliphatic rings. The molecule has 0 fully saturated rings. The van der Waals surface area contributed by atoms with Gasteiger partial charge < -0.3 is 14.6 Å². The van der Waals surface area contributed by atoms with Gasteiger partial charge in [0.2, 0.25) is 11.5 Å².